The Morgan fingerprint density at radius 2 is 1.91 bits per heavy atom. The highest BCUT2D eigenvalue weighted by Crippen LogP contribution is 2.36. The second-order valence-corrected chi connectivity index (χ2v) is 9.77. The molecule has 2 aliphatic heterocycles. The average Bonchev–Trinajstić information content (AvgIpc) is 3.32. The number of amides is 2. The van der Waals surface area contributed by atoms with Crippen LogP contribution in [0, 0.1) is 0 Å². The summed E-state index contributed by atoms with van der Waals surface area (Å²) in [5, 5.41) is 4.07. The van der Waals surface area contributed by atoms with Gasteiger partial charge in [-0.25, -0.2) is 13.6 Å². The molecule has 10 heteroatoms. The second-order valence-electron chi connectivity index (χ2n) is 8.54. The highest BCUT2D eigenvalue weighted by Gasteiger charge is 2.36. The van der Waals surface area contributed by atoms with E-state index < -0.39 is 6.43 Å². The fourth-order valence-electron chi connectivity index (χ4n) is 4.46. The van der Waals surface area contributed by atoms with E-state index in [4.69, 9.17) is 9.26 Å². The van der Waals surface area contributed by atoms with Crippen LogP contribution in [0.4, 0.5) is 13.6 Å². The van der Waals surface area contributed by atoms with Crippen molar-refractivity contribution in [3.8, 4) is 0 Å². The Morgan fingerprint density at radius 1 is 1.18 bits per heavy atom. The Morgan fingerprint density at radius 3 is 2.61 bits per heavy atom. The molecule has 2 aliphatic rings. The highest BCUT2D eigenvalue weighted by atomic mass is 32.2. The number of methoxy groups -OCH3 is 1. The molecule has 2 atom stereocenters. The molecule has 33 heavy (non-hydrogen) atoms. The Hall–Kier alpha value is -2.20. The molecule has 1 aromatic carbocycles. The Balaban J connectivity index is 1.53. The van der Waals surface area contributed by atoms with Gasteiger partial charge >= 0.3 is 6.03 Å². The van der Waals surface area contributed by atoms with Gasteiger partial charge in [0.05, 0.1) is 12.5 Å². The first kappa shape index (κ1) is 23.9. The maximum atomic E-state index is 13.3. The van der Waals surface area contributed by atoms with Gasteiger partial charge in [0.25, 0.3) is 0 Å². The normalized spacial score (nSPS) is 21.6. The molecule has 4 rings (SSSR count). The first-order chi connectivity index (χ1) is 16.0. The van der Waals surface area contributed by atoms with Gasteiger partial charge in [-0.2, -0.15) is 16.7 Å². The van der Waals surface area contributed by atoms with E-state index >= 15 is 0 Å². The van der Waals surface area contributed by atoms with Crippen LogP contribution in [0.1, 0.15) is 41.1 Å². The van der Waals surface area contributed by atoms with Gasteiger partial charge in [-0.05, 0) is 17.5 Å². The number of halogens is 2. The van der Waals surface area contributed by atoms with E-state index in [0.717, 1.165) is 36.6 Å². The zero-order valence-corrected chi connectivity index (χ0v) is 19.6. The molecule has 0 saturated carbocycles. The summed E-state index contributed by atoms with van der Waals surface area (Å²) in [7, 11) is 1.63. The maximum absolute atomic E-state index is 13.3. The van der Waals surface area contributed by atoms with Crippen molar-refractivity contribution in [1.29, 1.82) is 0 Å². The minimum atomic E-state index is -2.37. The molecule has 0 bridgehead atoms. The van der Waals surface area contributed by atoms with E-state index in [1.807, 2.05) is 33.7 Å². The summed E-state index contributed by atoms with van der Waals surface area (Å²) in [6.07, 6.45) is -1.30. The molecular weight excluding hydrogens is 450 g/mol. The lowest BCUT2D eigenvalue weighted by Crippen LogP contribution is -2.51. The number of ether oxygens (including phenoxy) is 1. The van der Waals surface area contributed by atoms with Gasteiger partial charge in [-0.1, -0.05) is 29.4 Å². The topological polar surface area (TPSA) is 71.7 Å². The summed E-state index contributed by atoms with van der Waals surface area (Å²) in [4.78, 5) is 21.7. The van der Waals surface area contributed by atoms with Crippen molar-refractivity contribution in [2.75, 3.05) is 51.4 Å². The van der Waals surface area contributed by atoms with Gasteiger partial charge in [-0.3, -0.25) is 0 Å². The number of carbonyl (C=O) groups excluding carboxylic acids is 1. The third-order valence-electron chi connectivity index (χ3n) is 6.21. The average molecular weight is 481 g/mol. The van der Waals surface area contributed by atoms with Gasteiger partial charge in [0.2, 0.25) is 12.3 Å². The van der Waals surface area contributed by atoms with Crippen LogP contribution >= 0.6 is 11.8 Å². The first-order valence-corrected chi connectivity index (χ1v) is 12.5. The number of carbonyl (C=O) groups is 1. The molecule has 3 heterocycles. The number of aromatic nitrogens is 2. The number of piperidine rings is 1. The number of hydrogen-bond donors (Lipinski definition) is 0. The molecule has 0 radical (unpaired) electrons. The molecule has 2 saturated heterocycles. The molecule has 0 N–H and O–H groups in total. The van der Waals surface area contributed by atoms with Crippen molar-refractivity contribution in [2.45, 2.75) is 37.5 Å². The minimum Gasteiger partial charge on any atom is -0.384 e. The lowest BCUT2D eigenvalue weighted by Gasteiger charge is -2.40. The van der Waals surface area contributed by atoms with E-state index in [9.17, 15) is 13.6 Å². The number of rotatable bonds is 7. The zero-order chi connectivity index (χ0) is 23.2. The fourth-order valence-corrected chi connectivity index (χ4v) is 5.37. The van der Waals surface area contributed by atoms with Crippen molar-refractivity contribution in [2.24, 2.45) is 0 Å². The molecule has 180 valence electrons. The monoisotopic (exact) mass is 480 g/mol. The number of nitrogens with zero attached hydrogens (tertiary/aromatic N) is 4. The highest BCUT2D eigenvalue weighted by molar-refractivity contribution is 7.99. The summed E-state index contributed by atoms with van der Waals surface area (Å²) in [5.74, 6) is 3.00. The molecule has 2 aromatic rings. The van der Waals surface area contributed by atoms with Crippen LogP contribution in [-0.4, -0.2) is 83.8 Å². The molecule has 2 amide bonds. The Bertz CT molecular complexity index is 905. The number of benzene rings is 1. The van der Waals surface area contributed by atoms with Gasteiger partial charge in [0.15, 0.2) is 5.82 Å². The predicted octanol–water partition coefficient (Wildman–Crippen LogP) is 3.81. The third-order valence-corrected chi connectivity index (χ3v) is 7.15. The Kier molecular flexibility index (Phi) is 8.19. The minimum absolute atomic E-state index is 0.0402. The molecule has 7 nitrogen and oxygen atoms in total. The number of urea groups is 1. The molecule has 1 aromatic heterocycles. The van der Waals surface area contributed by atoms with Crippen LogP contribution in [0.5, 0.6) is 0 Å². The fraction of sp³-hybridized carbons (Fsp3) is 0.609. The van der Waals surface area contributed by atoms with Crippen molar-refractivity contribution in [1.82, 2.24) is 19.9 Å². The van der Waals surface area contributed by atoms with E-state index in [1.54, 1.807) is 19.2 Å². The van der Waals surface area contributed by atoms with Crippen LogP contribution in [0.2, 0.25) is 0 Å². The van der Waals surface area contributed by atoms with E-state index in [2.05, 4.69) is 10.1 Å². The standard InChI is InChI=1S/C23H30F2N4O3S/c1-31-9-6-21-26-22(32-27-21)19-13-18(17-4-2-16(3-5-17)12-20(24)25)14-29(15-19)23(30)28-7-10-33-11-8-28/h2-5,18-20H,6-15H2,1H3. The van der Waals surface area contributed by atoms with Crippen molar-refractivity contribution < 1.29 is 22.8 Å². The quantitative estimate of drug-likeness (QED) is 0.600. The van der Waals surface area contributed by atoms with Gasteiger partial charge in [0, 0.05) is 63.6 Å². The summed E-state index contributed by atoms with van der Waals surface area (Å²) >= 11 is 1.86. The molecule has 2 fully saturated rings. The smallest absolute Gasteiger partial charge is 0.320 e. The summed E-state index contributed by atoms with van der Waals surface area (Å²) in [6.45, 7) is 3.11. The van der Waals surface area contributed by atoms with Crippen LogP contribution in [0.25, 0.3) is 0 Å². The number of hydrogen-bond acceptors (Lipinski definition) is 6. The lowest BCUT2D eigenvalue weighted by atomic mass is 9.84. The molecule has 2 unspecified atom stereocenters. The van der Waals surface area contributed by atoms with E-state index in [1.165, 1.54) is 0 Å². The van der Waals surface area contributed by atoms with Crippen LogP contribution in [0.3, 0.4) is 0 Å². The van der Waals surface area contributed by atoms with Crippen LogP contribution < -0.4 is 0 Å². The van der Waals surface area contributed by atoms with Crippen molar-refractivity contribution in [3.63, 3.8) is 0 Å². The predicted molar refractivity (Wildman–Crippen MR) is 122 cm³/mol. The van der Waals surface area contributed by atoms with E-state index in [-0.39, 0.29) is 24.3 Å². The third kappa shape index (κ3) is 6.23. The first-order valence-electron chi connectivity index (χ1n) is 11.3. The lowest BCUT2D eigenvalue weighted by molar-refractivity contribution is 0.130. The Labute approximate surface area is 196 Å². The number of likely N-dealkylation sites (tertiary alicyclic amines) is 1. The molecule has 0 aliphatic carbocycles. The van der Waals surface area contributed by atoms with E-state index in [0.29, 0.717) is 43.4 Å². The van der Waals surface area contributed by atoms with Gasteiger partial charge in [-0.15, -0.1) is 0 Å². The summed E-state index contributed by atoms with van der Waals surface area (Å²) < 4.78 is 36.1. The molecular formula is C23H30F2N4O3S. The summed E-state index contributed by atoms with van der Waals surface area (Å²) in [6, 6.07) is 7.37. The van der Waals surface area contributed by atoms with Crippen LogP contribution in [0.15, 0.2) is 28.8 Å². The second kappa shape index (κ2) is 11.3. The number of thioether (sulfide) groups is 1. The SMILES string of the molecule is COCCc1noc(C2CC(c3ccc(CC(F)F)cc3)CN(C(=O)N3CCSCC3)C2)n1. The van der Waals surface area contributed by atoms with Gasteiger partial charge < -0.3 is 19.1 Å². The van der Waals surface area contributed by atoms with Crippen molar-refractivity contribution >= 4 is 17.8 Å². The zero-order valence-electron chi connectivity index (χ0n) is 18.8. The van der Waals surface area contributed by atoms with Crippen molar-refractivity contribution in [3.05, 3.63) is 47.1 Å². The number of alkyl halides is 2. The largest absolute Gasteiger partial charge is 0.384 e. The van der Waals surface area contributed by atoms with Crippen LogP contribution in [-0.2, 0) is 17.6 Å². The molecule has 0 spiro atoms. The van der Waals surface area contributed by atoms with Gasteiger partial charge in [0.1, 0.15) is 0 Å². The maximum Gasteiger partial charge on any atom is 0.320 e. The summed E-state index contributed by atoms with van der Waals surface area (Å²) in [5.41, 5.74) is 1.64.